The average molecular weight is 180 g/mol. The number of nitrogens with zero attached hydrogens (tertiary/aromatic N) is 1. The number of hydrogen-bond donors (Lipinski definition) is 1. The maximum atomic E-state index is 3.83. The van der Waals surface area contributed by atoms with Crippen LogP contribution in [0.2, 0.25) is 0 Å². The van der Waals surface area contributed by atoms with Crippen molar-refractivity contribution in [3.8, 4) is 0 Å². The van der Waals surface area contributed by atoms with Gasteiger partial charge in [-0.05, 0) is 32.4 Å². The highest BCUT2D eigenvalue weighted by Gasteiger charge is 2.71. The summed E-state index contributed by atoms with van der Waals surface area (Å²) in [6.45, 7) is 4.97. The molecule has 2 saturated heterocycles. The lowest BCUT2D eigenvalue weighted by Gasteiger charge is -2.24. The number of fused-ring (bicyclic) bond motifs is 3. The average Bonchev–Trinajstić information content (AvgIpc) is 2.67. The lowest BCUT2D eigenvalue weighted by Crippen LogP contribution is -2.38. The molecule has 2 aliphatic heterocycles. The largest absolute Gasteiger partial charge is 0.309 e. The number of likely N-dealkylation sites (N-methyl/N-ethyl adjacent to an activating group) is 1. The van der Waals surface area contributed by atoms with Gasteiger partial charge < -0.3 is 10.2 Å². The summed E-state index contributed by atoms with van der Waals surface area (Å²) in [4.78, 5) is 2.52. The predicted molar refractivity (Wildman–Crippen MR) is 53.7 cm³/mol. The number of nitrogens with one attached hydrogen (secondary N) is 1. The first-order valence-corrected chi connectivity index (χ1v) is 5.69. The Hall–Kier alpha value is -0.0800. The summed E-state index contributed by atoms with van der Waals surface area (Å²) in [7, 11) is 2.27. The molecule has 0 bridgehead atoms. The van der Waals surface area contributed by atoms with Crippen LogP contribution in [0.4, 0.5) is 0 Å². The third-order valence-electron chi connectivity index (χ3n) is 4.49. The van der Waals surface area contributed by atoms with E-state index in [4.69, 9.17) is 0 Å². The zero-order valence-corrected chi connectivity index (χ0v) is 8.71. The van der Waals surface area contributed by atoms with Crippen molar-refractivity contribution in [2.24, 2.45) is 11.8 Å². The molecule has 13 heavy (non-hydrogen) atoms. The molecule has 4 atom stereocenters. The molecule has 3 aliphatic rings. The summed E-state index contributed by atoms with van der Waals surface area (Å²) in [5, 5.41) is 3.83. The molecule has 1 saturated carbocycles. The van der Waals surface area contributed by atoms with Gasteiger partial charge in [0.2, 0.25) is 0 Å². The first-order valence-electron chi connectivity index (χ1n) is 5.69. The third kappa shape index (κ3) is 0.962. The summed E-state index contributed by atoms with van der Waals surface area (Å²) in [6.07, 6.45) is 4.30. The molecule has 74 valence electrons. The molecule has 3 fully saturated rings. The fraction of sp³-hybridized carbons (Fsp3) is 1.00. The highest BCUT2D eigenvalue weighted by Crippen LogP contribution is 2.58. The van der Waals surface area contributed by atoms with Crippen LogP contribution in [0.5, 0.6) is 0 Å². The van der Waals surface area contributed by atoms with E-state index in [-0.39, 0.29) is 0 Å². The van der Waals surface area contributed by atoms with Gasteiger partial charge in [-0.2, -0.15) is 0 Å². The molecular weight excluding hydrogens is 160 g/mol. The molecule has 0 amide bonds. The maximum Gasteiger partial charge on any atom is 0.0397 e. The molecule has 1 aliphatic carbocycles. The van der Waals surface area contributed by atoms with Gasteiger partial charge in [-0.1, -0.05) is 13.3 Å². The van der Waals surface area contributed by atoms with E-state index in [1.165, 1.54) is 32.4 Å². The lowest BCUT2D eigenvalue weighted by molar-refractivity contribution is 0.213. The van der Waals surface area contributed by atoms with Gasteiger partial charge in [-0.3, -0.25) is 0 Å². The second-order valence-corrected chi connectivity index (χ2v) is 5.41. The summed E-state index contributed by atoms with van der Waals surface area (Å²) < 4.78 is 0. The van der Waals surface area contributed by atoms with Crippen LogP contribution in [-0.4, -0.2) is 36.6 Å². The van der Waals surface area contributed by atoms with Crippen molar-refractivity contribution in [1.82, 2.24) is 10.2 Å². The minimum Gasteiger partial charge on any atom is -0.309 e. The molecule has 1 spiro atoms. The van der Waals surface area contributed by atoms with Gasteiger partial charge in [-0.15, -0.1) is 0 Å². The van der Waals surface area contributed by atoms with Crippen molar-refractivity contribution < 1.29 is 0 Å². The molecule has 2 nitrogen and oxygen atoms in total. The predicted octanol–water partition coefficient (Wildman–Crippen LogP) is 1.08. The van der Waals surface area contributed by atoms with Crippen molar-refractivity contribution >= 4 is 0 Å². The van der Waals surface area contributed by atoms with E-state index in [0.29, 0.717) is 5.54 Å². The normalized spacial score (nSPS) is 55.4. The topological polar surface area (TPSA) is 15.3 Å². The van der Waals surface area contributed by atoms with E-state index < -0.39 is 0 Å². The van der Waals surface area contributed by atoms with Crippen LogP contribution in [-0.2, 0) is 0 Å². The lowest BCUT2D eigenvalue weighted by atomic mass is 10.0. The van der Waals surface area contributed by atoms with Gasteiger partial charge in [-0.25, -0.2) is 0 Å². The van der Waals surface area contributed by atoms with Crippen molar-refractivity contribution in [2.75, 3.05) is 20.1 Å². The smallest absolute Gasteiger partial charge is 0.0397 e. The second kappa shape index (κ2) is 2.48. The molecule has 4 unspecified atom stereocenters. The Balaban J connectivity index is 1.72. The van der Waals surface area contributed by atoms with Crippen LogP contribution in [0.15, 0.2) is 0 Å². The first-order chi connectivity index (χ1) is 6.24. The number of likely N-dealkylation sites (tertiary alicyclic amines) is 1. The van der Waals surface area contributed by atoms with Gasteiger partial charge >= 0.3 is 0 Å². The molecule has 0 aromatic rings. The van der Waals surface area contributed by atoms with E-state index in [9.17, 15) is 0 Å². The van der Waals surface area contributed by atoms with E-state index in [2.05, 4.69) is 24.2 Å². The Morgan fingerprint density at radius 2 is 2.31 bits per heavy atom. The molecule has 1 N–H and O–H groups in total. The molecule has 2 heteroatoms. The van der Waals surface area contributed by atoms with Crippen molar-refractivity contribution in [3.63, 3.8) is 0 Å². The highest BCUT2D eigenvalue weighted by atomic mass is 15.4. The fourth-order valence-corrected chi connectivity index (χ4v) is 3.61. The Morgan fingerprint density at radius 1 is 1.46 bits per heavy atom. The number of rotatable bonds is 0. The molecule has 0 radical (unpaired) electrons. The van der Waals surface area contributed by atoms with Crippen molar-refractivity contribution in [3.05, 3.63) is 0 Å². The standard InChI is InChI=1S/C11H20N2/c1-8-4-3-5-11(12-6-8)9-7-13(2)10(9)11/h8-10,12H,3-7H2,1-2H3. The first kappa shape index (κ1) is 8.25. The summed E-state index contributed by atoms with van der Waals surface area (Å²) in [5.74, 6) is 1.90. The Labute approximate surface area is 80.7 Å². The Bertz CT molecular complexity index is 226. The van der Waals surface area contributed by atoms with E-state index in [0.717, 1.165) is 17.9 Å². The fourth-order valence-electron chi connectivity index (χ4n) is 3.61. The quantitative estimate of drug-likeness (QED) is 0.600. The van der Waals surface area contributed by atoms with Gasteiger partial charge in [0.15, 0.2) is 0 Å². The van der Waals surface area contributed by atoms with Crippen LogP contribution < -0.4 is 5.32 Å². The molecule has 3 rings (SSSR count). The van der Waals surface area contributed by atoms with Gasteiger partial charge in [0.1, 0.15) is 0 Å². The molecular formula is C11H20N2. The third-order valence-corrected chi connectivity index (χ3v) is 4.49. The van der Waals surface area contributed by atoms with Gasteiger partial charge in [0.05, 0.1) is 0 Å². The highest BCUT2D eigenvalue weighted by molar-refractivity contribution is 5.30. The van der Waals surface area contributed by atoms with Gasteiger partial charge in [0.25, 0.3) is 0 Å². The van der Waals surface area contributed by atoms with Crippen LogP contribution in [0.3, 0.4) is 0 Å². The Morgan fingerprint density at radius 3 is 2.92 bits per heavy atom. The number of hydrogen-bond acceptors (Lipinski definition) is 2. The molecule has 2 heterocycles. The minimum absolute atomic E-state index is 0.569. The van der Waals surface area contributed by atoms with E-state index >= 15 is 0 Å². The minimum atomic E-state index is 0.569. The van der Waals surface area contributed by atoms with E-state index in [1.807, 2.05) is 0 Å². The zero-order valence-electron chi connectivity index (χ0n) is 8.71. The van der Waals surface area contributed by atoms with Crippen LogP contribution in [0.25, 0.3) is 0 Å². The summed E-state index contributed by atoms with van der Waals surface area (Å²) in [6, 6.07) is 0.901. The second-order valence-electron chi connectivity index (χ2n) is 5.41. The monoisotopic (exact) mass is 180 g/mol. The SMILES string of the molecule is CC1CCCC2(NC1)C1CN(C)C12. The molecule has 0 aromatic heterocycles. The van der Waals surface area contributed by atoms with Gasteiger partial charge in [0, 0.05) is 24.0 Å². The van der Waals surface area contributed by atoms with Crippen LogP contribution in [0, 0.1) is 11.8 Å². The summed E-state index contributed by atoms with van der Waals surface area (Å²) >= 11 is 0. The zero-order chi connectivity index (χ0) is 9.05. The maximum absolute atomic E-state index is 3.83. The van der Waals surface area contributed by atoms with Crippen molar-refractivity contribution in [2.45, 2.75) is 37.8 Å². The van der Waals surface area contributed by atoms with Crippen molar-refractivity contribution in [1.29, 1.82) is 0 Å². The van der Waals surface area contributed by atoms with Crippen LogP contribution >= 0.6 is 0 Å². The molecule has 0 aromatic carbocycles. The van der Waals surface area contributed by atoms with E-state index in [1.54, 1.807) is 0 Å². The summed E-state index contributed by atoms with van der Waals surface area (Å²) in [5.41, 5.74) is 0.569. The van der Waals surface area contributed by atoms with Crippen LogP contribution in [0.1, 0.15) is 26.2 Å². The Kier molecular flexibility index (Phi) is 1.58.